The van der Waals surface area contributed by atoms with E-state index < -0.39 is 11.9 Å². The number of nitrogens with one attached hydrogen (secondary N) is 1. The van der Waals surface area contributed by atoms with Gasteiger partial charge in [-0.25, -0.2) is 4.79 Å². The van der Waals surface area contributed by atoms with Gasteiger partial charge >= 0.3 is 5.97 Å². The first-order chi connectivity index (χ1) is 9.60. The molecule has 0 spiro atoms. The summed E-state index contributed by atoms with van der Waals surface area (Å²) in [5.74, 6) is -0.650. The Hall–Kier alpha value is -2.63. The van der Waals surface area contributed by atoms with Gasteiger partial charge in [-0.15, -0.1) is 0 Å². The molecule has 6 nitrogen and oxygen atoms in total. The van der Waals surface area contributed by atoms with E-state index in [9.17, 15) is 9.59 Å². The van der Waals surface area contributed by atoms with Crippen molar-refractivity contribution < 1.29 is 18.8 Å². The van der Waals surface area contributed by atoms with Crippen LogP contribution in [0.2, 0.25) is 0 Å². The molecular weight excluding hydrogens is 260 g/mol. The number of amides is 1. The Labute approximate surface area is 115 Å². The van der Waals surface area contributed by atoms with E-state index in [1.165, 1.54) is 0 Å². The Morgan fingerprint density at radius 3 is 2.55 bits per heavy atom. The molecule has 1 aromatic heterocycles. The molecule has 1 aromatic carbocycles. The first kappa shape index (κ1) is 13.8. The zero-order chi connectivity index (χ0) is 14.5. The number of carbonyl (C=O) groups excluding carboxylic acids is 2. The number of aryl methyl sites for hydroxylation is 1. The lowest BCUT2D eigenvalue weighted by Crippen LogP contribution is -2.11. The van der Waals surface area contributed by atoms with Crippen LogP contribution in [0.15, 0.2) is 34.9 Å². The summed E-state index contributed by atoms with van der Waals surface area (Å²) in [6.07, 6.45) is 0. The van der Waals surface area contributed by atoms with Gasteiger partial charge in [0.2, 0.25) is 5.76 Å². The van der Waals surface area contributed by atoms with E-state index in [-0.39, 0.29) is 5.76 Å². The lowest BCUT2D eigenvalue weighted by atomic mass is 10.2. The van der Waals surface area contributed by atoms with Gasteiger partial charge in [-0.05, 0) is 38.1 Å². The Bertz CT molecular complexity index is 616. The molecule has 0 aliphatic rings. The van der Waals surface area contributed by atoms with E-state index in [0.29, 0.717) is 23.6 Å². The van der Waals surface area contributed by atoms with Gasteiger partial charge in [0.25, 0.3) is 5.91 Å². The zero-order valence-electron chi connectivity index (χ0n) is 11.2. The van der Waals surface area contributed by atoms with Crippen molar-refractivity contribution in [2.45, 2.75) is 13.8 Å². The molecule has 0 saturated carbocycles. The first-order valence-electron chi connectivity index (χ1n) is 6.12. The molecule has 1 heterocycles. The topological polar surface area (TPSA) is 81.4 Å². The number of hydrogen-bond donors (Lipinski definition) is 1. The van der Waals surface area contributed by atoms with Gasteiger partial charge in [0.15, 0.2) is 0 Å². The number of esters is 1. The van der Waals surface area contributed by atoms with Crippen LogP contribution in [-0.4, -0.2) is 23.6 Å². The minimum atomic E-state index is -0.394. The molecule has 0 radical (unpaired) electrons. The molecule has 0 aliphatic heterocycles. The lowest BCUT2D eigenvalue weighted by molar-refractivity contribution is 0.0526. The van der Waals surface area contributed by atoms with E-state index in [4.69, 9.17) is 9.26 Å². The van der Waals surface area contributed by atoms with E-state index >= 15 is 0 Å². The van der Waals surface area contributed by atoms with Crippen molar-refractivity contribution in [3.63, 3.8) is 0 Å². The molecule has 20 heavy (non-hydrogen) atoms. The van der Waals surface area contributed by atoms with Crippen molar-refractivity contribution >= 4 is 17.6 Å². The van der Waals surface area contributed by atoms with Crippen LogP contribution >= 0.6 is 0 Å². The van der Waals surface area contributed by atoms with Crippen LogP contribution in [0.5, 0.6) is 0 Å². The SMILES string of the molecule is CCOC(=O)c1ccc(NC(=O)c2cc(C)no2)cc1. The second-order valence-corrected chi connectivity index (χ2v) is 4.08. The van der Waals surface area contributed by atoms with Crippen molar-refractivity contribution in [3.05, 3.63) is 47.3 Å². The number of ether oxygens (including phenoxy) is 1. The fourth-order valence-electron chi connectivity index (χ4n) is 1.57. The summed E-state index contributed by atoms with van der Waals surface area (Å²) in [6, 6.07) is 7.95. The molecular formula is C14H14N2O4. The van der Waals surface area contributed by atoms with Gasteiger partial charge in [0, 0.05) is 11.8 Å². The van der Waals surface area contributed by atoms with Crippen molar-refractivity contribution in [2.75, 3.05) is 11.9 Å². The molecule has 104 valence electrons. The van der Waals surface area contributed by atoms with Crippen molar-refractivity contribution in [2.24, 2.45) is 0 Å². The Kier molecular flexibility index (Phi) is 4.14. The molecule has 2 rings (SSSR count). The van der Waals surface area contributed by atoms with Crippen molar-refractivity contribution in [1.82, 2.24) is 5.16 Å². The van der Waals surface area contributed by atoms with E-state index in [0.717, 1.165) is 0 Å². The predicted molar refractivity (Wildman–Crippen MR) is 71.6 cm³/mol. The summed E-state index contributed by atoms with van der Waals surface area (Å²) in [5, 5.41) is 6.28. The highest BCUT2D eigenvalue weighted by Crippen LogP contribution is 2.12. The molecule has 2 aromatic rings. The third-order valence-corrected chi connectivity index (χ3v) is 2.51. The Morgan fingerprint density at radius 2 is 2.00 bits per heavy atom. The Balaban J connectivity index is 2.04. The van der Waals surface area contributed by atoms with Gasteiger partial charge in [-0.1, -0.05) is 5.16 Å². The molecule has 0 aliphatic carbocycles. The smallest absolute Gasteiger partial charge is 0.338 e. The van der Waals surface area contributed by atoms with Crippen molar-refractivity contribution in [3.8, 4) is 0 Å². The molecule has 0 atom stereocenters. The van der Waals surface area contributed by atoms with Gasteiger partial charge < -0.3 is 14.6 Å². The summed E-state index contributed by atoms with van der Waals surface area (Å²) in [4.78, 5) is 23.3. The van der Waals surface area contributed by atoms with Crippen LogP contribution < -0.4 is 5.32 Å². The average molecular weight is 274 g/mol. The maximum Gasteiger partial charge on any atom is 0.338 e. The number of hydrogen-bond acceptors (Lipinski definition) is 5. The molecule has 1 amide bonds. The first-order valence-corrected chi connectivity index (χ1v) is 6.12. The number of rotatable bonds is 4. The average Bonchev–Trinajstić information content (AvgIpc) is 2.86. The summed E-state index contributed by atoms with van der Waals surface area (Å²) in [5.41, 5.74) is 1.62. The number of aromatic nitrogens is 1. The lowest BCUT2D eigenvalue weighted by Gasteiger charge is -2.04. The highest BCUT2D eigenvalue weighted by atomic mass is 16.5. The maximum atomic E-state index is 11.8. The number of carbonyl (C=O) groups is 2. The van der Waals surface area contributed by atoms with Crippen LogP contribution in [0, 0.1) is 6.92 Å². The second kappa shape index (κ2) is 6.01. The standard InChI is InChI=1S/C14H14N2O4/c1-3-19-14(18)10-4-6-11(7-5-10)15-13(17)12-8-9(2)16-20-12/h4-8H,3H2,1-2H3,(H,15,17). The van der Waals surface area contributed by atoms with E-state index in [1.54, 1.807) is 44.2 Å². The maximum absolute atomic E-state index is 11.8. The minimum absolute atomic E-state index is 0.136. The normalized spacial score (nSPS) is 10.1. The van der Waals surface area contributed by atoms with E-state index in [1.807, 2.05) is 0 Å². The monoisotopic (exact) mass is 274 g/mol. The van der Waals surface area contributed by atoms with E-state index in [2.05, 4.69) is 10.5 Å². The summed E-state index contributed by atoms with van der Waals surface area (Å²) in [6.45, 7) is 3.79. The molecule has 0 bridgehead atoms. The molecule has 0 unspecified atom stereocenters. The van der Waals surface area contributed by atoms with Crippen LogP contribution in [0.25, 0.3) is 0 Å². The number of nitrogens with zero attached hydrogens (tertiary/aromatic N) is 1. The largest absolute Gasteiger partial charge is 0.462 e. The highest BCUT2D eigenvalue weighted by Gasteiger charge is 2.12. The quantitative estimate of drug-likeness (QED) is 0.866. The van der Waals surface area contributed by atoms with Gasteiger partial charge in [-0.3, -0.25) is 4.79 Å². The second-order valence-electron chi connectivity index (χ2n) is 4.08. The fraction of sp³-hybridized carbons (Fsp3) is 0.214. The van der Waals surface area contributed by atoms with Crippen LogP contribution in [0.4, 0.5) is 5.69 Å². The third-order valence-electron chi connectivity index (χ3n) is 2.51. The van der Waals surface area contributed by atoms with Gasteiger partial charge in [-0.2, -0.15) is 0 Å². The fourth-order valence-corrected chi connectivity index (χ4v) is 1.57. The third kappa shape index (κ3) is 3.23. The van der Waals surface area contributed by atoms with Crippen LogP contribution in [0.3, 0.4) is 0 Å². The predicted octanol–water partition coefficient (Wildman–Crippen LogP) is 2.41. The number of anilines is 1. The van der Waals surface area contributed by atoms with Crippen molar-refractivity contribution in [1.29, 1.82) is 0 Å². The zero-order valence-corrected chi connectivity index (χ0v) is 11.2. The van der Waals surface area contributed by atoms with Crippen LogP contribution in [0.1, 0.15) is 33.5 Å². The Morgan fingerprint density at radius 1 is 1.30 bits per heavy atom. The molecule has 1 N–H and O–H groups in total. The van der Waals surface area contributed by atoms with Gasteiger partial charge in [0.05, 0.1) is 17.9 Å². The summed E-state index contributed by atoms with van der Waals surface area (Å²) < 4.78 is 9.73. The highest BCUT2D eigenvalue weighted by molar-refractivity contribution is 6.02. The van der Waals surface area contributed by atoms with Crippen LogP contribution in [-0.2, 0) is 4.74 Å². The van der Waals surface area contributed by atoms with Gasteiger partial charge in [0.1, 0.15) is 0 Å². The number of benzene rings is 1. The minimum Gasteiger partial charge on any atom is -0.462 e. The summed E-state index contributed by atoms with van der Waals surface area (Å²) >= 11 is 0. The molecule has 0 saturated heterocycles. The summed E-state index contributed by atoms with van der Waals surface area (Å²) in [7, 11) is 0. The molecule has 6 heteroatoms. The molecule has 0 fully saturated rings.